The van der Waals surface area contributed by atoms with Crippen LogP contribution in [0.25, 0.3) is 17.3 Å². The first kappa shape index (κ1) is 33.3. The predicted molar refractivity (Wildman–Crippen MR) is 180 cm³/mol. The number of hydrogen-bond acceptors (Lipinski definition) is 3. The highest BCUT2D eigenvalue weighted by molar-refractivity contribution is 5.96. The van der Waals surface area contributed by atoms with Crippen molar-refractivity contribution in [3.05, 3.63) is 167 Å². The van der Waals surface area contributed by atoms with E-state index in [1.54, 1.807) is 17.2 Å². The zero-order chi connectivity index (χ0) is 34.4. The van der Waals surface area contributed by atoms with Gasteiger partial charge < -0.3 is 9.80 Å². The second-order valence-corrected chi connectivity index (χ2v) is 12.0. The van der Waals surface area contributed by atoms with Gasteiger partial charge in [-0.15, -0.1) is 0 Å². The fourth-order valence-corrected chi connectivity index (χ4v) is 5.99. The maximum Gasteiger partial charge on any atom is 0.416 e. The molecule has 0 N–H and O–H groups in total. The van der Waals surface area contributed by atoms with Gasteiger partial charge in [-0.05, 0) is 76.7 Å². The molecule has 248 valence electrons. The first-order valence-electron chi connectivity index (χ1n) is 15.9. The Morgan fingerprint density at radius 1 is 0.837 bits per heavy atom. The number of carbonyl (C=O) groups is 2. The third-order valence-electron chi connectivity index (χ3n) is 8.63. The minimum atomic E-state index is -4.48. The third kappa shape index (κ3) is 8.30. The summed E-state index contributed by atoms with van der Waals surface area (Å²) in [5.41, 5.74) is 4.65. The van der Waals surface area contributed by atoms with Crippen molar-refractivity contribution in [2.45, 2.75) is 38.1 Å². The van der Waals surface area contributed by atoms with Crippen LogP contribution in [0.4, 0.5) is 17.6 Å². The quantitative estimate of drug-likeness (QED) is 0.118. The molecule has 0 fully saturated rings. The van der Waals surface area contributed by atoms with Crippen LogP contribution >= 0.6 is 0 Å². The number of alkyl halides is 3. The molecule has 6 rings (SSSR count). The van der Waals surface area contributed by atoms with Crippen molar-refractivity contribution in [1.29, 1.82) is 0 Å². The summed E-state index contributed by atoms with van der Waals surface area (Å²) in [5.74, 6) is -1.05. The summed E-state index contributed by atoms with van der Waals surface area (Å²) in [6.45, 7) is 0.738. The molecule has 0 spiro atoms. The lowest BCUT2D eigenvalue weighted by Crippen LogP contribution is -2.52. The molecule has 0 saturated heterocycles. The average Bonchev–Trinajstić information content (AvgIpc) is 3.12. The number of nitrogens with zero attached hydrogens (tertiary/aromatic N) is 3. The van der Waals surface area contributed by atoms with Crippen LogP contribution in [0.2, 0.25) is 0 Å². The van der Waals surface area contributed by atoms with Gasteiger partial charge in [-0.25, -0.2) is 4.39 Å². The number of carbonyl (C=O) groups excluding carboxylic acids is 2. The van der Waals surface area contributed by atoms with E-state index in [4.69, 9.17) is 0 Å². The van der Waals surface area contributed by atoms with Crippen LogP contribution in [0.5, 0.6) is 0 Å². The Morgan fingerprint density at radius 2 is 1.57 bits per heavy atom. The largest absolute Gasteiger partial charge is 0.416 e. The topological polar surface area (TPSA) is 53.5 Å². The number of halogens is 4. The number of pyridine rings is 1. The van der Waals surface area contributed by atoms with Crippen molar-refractivity contribution in [1.82, 2.24) is 14.8 Å². The lowest BCUT2D eigenvalue weighted by Gasteiger charge is -2.37. The molecule has 5 aromatic rings. The van der Waals surface area contributed by atoms with Crippen molar-refractivity contribution in [3.8, 4) is 11.3 Å². The Balaban J connectivity index is 1.34. The number of benzene rings is 4. The molecule has 1 unspecified atom stereocenters. The highest BCUT2D eigenvalue weighted by Crippen LogP contribution is 2.29. The molecule has 0 saturated carbocycles. The van der Waals surface area contributed by atoms with E-state index in [2.05, 4.69) is 4.98 Å². The Hall–Kier alpha value is -5.57. The minimum Gasteiger partial charge on any atom is -0.336 e. The van der Waals surface area contributed by atoms with Gasteiger partial charge in [0, 0.05) is 43.9 Å². The molecule has 49 heavy (non-hydrogen) atoms. The highest BCUT2D eigenvalue weighted by Gasteiger charge is 2.34. The minimum absolute atomic E-state index is 0.0948. The van der Waals surface area contributed by atoms with Gasteiger partial charge in [0.15, 0.2) is 0 Å². The van der Waals surface area contributed by atoms with E-state index in [-0.39, 0.29) is 31.2 Å². The van der Waals surface area contributed by atoms with Gasteiger partial charge in [0.2, 0.25) is 11.8 Å². The van der Waals surface area contributed by atoms with Crippen LogP contribution in [0.15, 0.2) is 128 Å². The molecule has 0 aliphatic carbocycles. The lowest BCUT2D eigenvalue weighted by atomic mass is 9.97. The van der Waals surface area contributed by atoms with Crippen LogP contribution in [0.1, 0.15) is 33.4 Å². The SMILES string of the molecule is O=C(C(Cc1ccccc1)N(Cc1ccc(-c2ccccn2)cc1)C(=O)C=Cc1ccc(C(F)(F)F)cc1)N1CCc2cc(F)ccc2C1. The summed E-state index contributed by atoms with van der Waals surface area (Å²) < 4.78 is 53.3. The van der Waals surface area contributed by atoms with Crippen LogP contribution in [-0.4, -0.2) is 39.2 Å². The van der Waals surface area contributed by atoms with E-state index in [9.17, 15) is 27.2 Å². The Morgan fingerprint density at radius 3 is 2.27 bits per heavy atom. The molecular weight excluding hydrogens is 630 g/mol. The molecule has 1 atom stereocenters. The zero-order valence-electron chi connectivity index (χ0n) is 26.5. The molecule has 1 aliphatic rings. The number of hydrogen-bond donors (Lipinski definition) is 0. The van der Waals surface area contributed by atoms with Gasteiger partial charge in [0.1, 0.15) is 11.9 Å². The first-order valence-corrected chi connectivity index (χ1v) is 15.9. The third-order valence-corrected chi connectivity index (χ3v) is 8.63. The summed E-state index contributed by atoms with van der Waals surface area (Å²) in [4.78, 5) is 36.2. The van der Waals surface area contributed by atoms with Gasteiger partial charge in [-0.2, -0.15) is 13.2 Å². The molecule has 5 nitrogen and oxygen atoms in total. The smallest absolute Gasteiger partial charge is 0.336 e. The zero-order valence-corrected chi connectivity index (χ0v) is 26.5. The summed E-state index contributed by atoms with van der Waals surface area (Å²) >= 11 is 0. The second-order valence-electron chi connectivity index (χ2n) is 12.0. The van der Waals surface area contributed by atoms with Crippen molar-refractivity contribution in [2.24, 2.45) is 0 Å². The molecule has 2 heterocycles. The Kier molecular flexibility index (Phi) is 9.99. The molecule has 9 heteroatoms. The monoisotopic (exact) mass is 663 g/mol. The summed E-state index contributed by atoms with van der Waals surface area (Å²) in [5, 5.41) is 0. The molecule has 0 radical (unpaired) electrons. The van der Waals surface area contributed by atoms with Gasteiger partial charge in [-0.3, -0.25) is 14.6 Å². The number of rotatable bonds is 9. The summed E-state index contributed by atoms with van der Waals surface area (Å²) in [6.07, 6.45) is 0.697. The predicted octanol–water partition coefficient (Wildman–Crippen LogP) is 8.14. The Bertz CT molecular complexity index is 1930. The van der Waals surface area contributed by atoms with Crippen molar-refractivity contribution in [3.63, 3.8) is 0 Å². The van der Waals surface area contributed by atoms with Gasteiger partial charge in [-0.1, -0.05) is 78.9 Å². The summed E-state index contributed by atoms with van der Waals surface area (Å²) in [7, 11) is 0. The normalized spacial score (nSPS) is 13.6. The molecular formula is C40H33F4N3O2. The highest BCUT2D eigenvalue weighted by atomic mass is 19.4. The molecule has 1 aromatic heterocycles. The number of aromatic nitrogens is 1. The van der Waals surface area contributed by atoms with Gasteiger partial charge in [0.05, 0.1) is 11.3 Å². The van der Waals surface area contributed by atoms with Crippen LogP contribution in [0.3, 0.4) is 0 Å². The maximum atomic E-state index is 14.5. The second kappa shape index (κ2) is 14.7. The fourth-order valence-electron chi connectivity index (χ4n) is 5.99. The van der Waals surface area contributed by atoms with Crippen molar-refractivity contribution in [2.75, 3.05) is 6.54 Å². The van der Waals surface area contributed by atoms with Crippen molar-refractivity contribution < 1.29 is 27.2 Å². The molecule has 2 amide bonds. The molecule has 4 aromatic carbocycles. The van der Waals surface area contributed by atoms with E-state index >= 15 is 0 Å². The van der Waals surface area contributed by atoms with E-state index in [0.717, 1.165) is 45.6 Å². The molecule has 1 aliphatic heterocycles. The Labute approximate surface area is 282 Å². The van der Waals surface area contributed by atoms with E-state index in [1.807, 2.05) is 72.8 Å². The fraction of sp³-hybridized carbons (Fsp3) is 0.175. The van der Waals surface area contributed by atoms with Crippen LogP contribution in [0, 0.1) is 5.82 Å². The first-order chi connectivity index (χ1) is 23.6. The van der Waals surface area contributed by atoms with Crippen LogP contribution in [-0.2, 0) is 41.7 Å². The van der Waals surface area contributed by atoms with Gasteiger partial charge >= 0.3 is 6.18 Å². The lowest BCUT2D eigenvalue weighted by molar-refractivity contribution is -0.144. The number of amides is 2. The summed E-state index contributed by atoms with van der Waals surface area (Å²) in [6, 6.07) is 30.8. The number of fused-ring (bicyclic) bond motifs is 1. The average molecular weight is 664 g/mol. The van der Waals surface area contributed by atoms with E-state index in [1.165, 1.54) is 41.3 Å². The van der Waals surface area contributed by atoms with Gasteiger partial charge in [0.25, 0.3) is 0 Å². The van der Waals surface area contributed by atoms with E-state index in [0.29, 0.717) is 18.5 Å². The van der Waals surface area contributed by atoms with E-state index < -0.39 is 23.7 Å². The van der Waals surface area contributed by atoms with Crippen molar-refractivity contribution >= 4 is 17.9 Å². The standard InChI is InChI=1S/C40H33F4N3O2/c41-35-19-16-33-27-46(23-21-32(33)25-35)39(49)37(24-29-6-2-1-3-7-29)47(26-30-9-14-31(15-10-30)36-8-4-5-22-45-36)38(48)20-13-28-11-17-34(18-12-28)40(42,43)44/h1-20,22,25,37H,21,23-24,26-27H2. The molecule has 0 bridgehead atoms. The van der Waals surface area contributed by atoms with Crippen LogP contribution < -0.4 is 0 Å². The maximum absolute atomic E-state index is 14.5.